The highest BCUT2D eigenvalue weighted by Gasteiger charge is 2.11. The number of anilines is 1. The third kappa shape index (κ3) is 3.01. The molecule has 7 heteroatoms. The Kier molecular flexibility index (Phi) is 4.07. The van der Waals surface area contributed by atoms with Crippen LogP contribution in [0.25, 0.3) is 16.7 Å². The first-order chi connectivity index (χ1) is 11.5. The van der Waals surface area contributed by atoms with Crippen LogP contribution in [-0.2, 0) is 4.74 Å². The highest BCUT2D eigenvalue weighted by Crippen LogP contribution is 2.26. The summed E-state index contributed by atoms with van der Waals surface area (Å²) in [5, 5.41) is 8.81. The zero-order valence-corrected chi connectivity index (χ0v) is 13.7. The molecule has 3 rings (SSSR count). The maximum absolute atomic E-state index is 11.9. The molecule has 7 nitrogen and oxygen atoms in total. The molecule has 3 aromatic rings. The number of nitrogen functional groups attached to an aromatic ring is 1. The van der Waals surface area contributed by atoms with Crippen molar-refractivity contribution < 1.29 is 14.3 Å². The van der Waals surface area contributed by atoms with Crippen LogP contribution in [0.15, 0.2) is 36.4 Å². The first-order valence-electron chi connectivity index (χ1n) is 7.50. The molecule has 2 aromatic carbocycles. The fraction of sp³-hybridized carbons (Fsp3) is 0.235. The molecule has 0 aliphatic heterocycles. The standard InChI is InChI=1S/C17H18N4O3/c1-10(2)24-17(22)11-4-6-12(7-5-11)21-19-14-8-13(18)16(23-3)9-15(14)20-21/h4-10H,18H2,1-3H3. The number of nitrogens with zero attached hydrogens (tertiary/aromatic N) is 3. The van der Waals surface area contributed by atoms with E-state index in [1.807, 2.05) is 13.8 Å². The Morgan fingerprint density at radius 1 is 1.12 bits per heavy atom. The zero-order valence-electron chi connectivity index (χ0n) is 13.7. The third-order valence-corrected chi connectivity index (χ3v) is 3.41. The van der Waals surface area contributed by atoms with Crippen molar-refractivity contribution in [3.05, 3.63) is 42.0 Å². The van der Waals surface area contributed by atoms with Crippen molar-refractivity contribution in [2.45, 2.75) is 20.0 Å². The molecule has 0 radical (unpaired) electrons. The molecule has 0 atom stereocenters. The van der Waals surface area contributed by atoms with Gasteiger partial charge in [0.25, 0.3) is 0 Å². The fourth-order valence-corrected chi connectivity index (χ4v) is 2.27. The SMILES string of the molecule is COc1cc2nn(-c3ccc(C(=O)OC(C)C)cc3)nc2cc1N. The number of rotatable bonds is 4. The molecule has 124 valence electrons. The third-order valence-electron chi connectivity index (χ3n) is 3.41. The van der Waals surface area contributed by atoms with E-state index in [4.69, 9.17) is 15.2 Å². The summed E-state index contributed by atoms with van der Waals surface area (Å²) in [6.45, 7) is 3.62. The van der Waals surface area contributed by atoms with Crippen LogP contribution < -0.4 is 10.5 Å². The minimum absolute atomic E-state index is 0.157. The van der Waals surface area contributed by atoms with Gasteiger partial charge in [0.15, 0.2) is 0 Å². The number of benzene rings is 2. The zero-order chi connectivity index (χ0) is 17.3. The lowest BCUT2D eigenvalue weighted by molar-refractivity contribution is 0.0378. The Morgan fingerprint density at radius 2 is 1.75 bits per heavy atom. The molecule has 0 bridgehead atoms. The van der Waals surface area contributed by atoms with Crippen LogP contribution in [0.2, 0.25) is 0 Å². The average molecular weight is 326 g/mol. The molecule has 0 unspecified atom stereocenters. The predicted octanol–water partition coefficient (Wildman–Crippen LogP) is 2.58. The second kappa shape index (κ2) is 6.19. The van der Waals surface area contributed by atoms with Crippen LogP contribution in [0.4, 0.5) is 5.69 Å². The maximum atomic E-state index is 11.9. The lowest BCUT2D eigenvalue weighted by Gasteiger charge is -2.08. The van der Waals surface area contributed by atoms with Crippen LogP contribution in [0, 0.1) is 0 Å². The number of nitrogens with two attached hydrogens (primary N) is 1. The smallest absolute Gasteiger partial charge is 0.338 e. The summed E-state index contributed by atoms with van der Waals surface area (Å²) in [5.41, 5.74) is 8.93. The number of carbonyl (C=O) groups excluding carboxylic acids is 1. The summed E-state index contributed by atoms with van der Waals surface area (Å²) in [6, 6.07) is 10.3. The van der Waals surface area contributed by atoms with Crippen LogP contribution in [0.5, 0.6) is 5.75 Å². The van der Waals surface area contributed by atoms with E-state index in [1.165, 1.54) is 4.80 Å². The normalized spacial score (nSPS) is 11.0. The minimum Gasteiger partial charge on any atom is -0.495 e. The van der Waals surface area contributed by atoms with E-state index in [0.29, 0.717) is 28.0 Å². The summed E-state index contributed by atoms with van der Waals surface area (Å²) < 4.78 is 10.4. The van der Waals surface area contributed by atoms with Crippen LogP contribution in [-0.4, -0.2) is 34.2 Å². The monoisotopic (exact) mass is 326 g/mol. The second-order valence-corrected chi connectivity index (χ2v) is 5.57. The lowest BCUT2D eigenvalue weighted by atomic mass is 10.2. The Hall–Kier alpha value is -3.09. The van der Waals surface area contributed by atoms with E-state index in [9.17, 15) is 4.79 Å². The highest BCUT2D eigenvalue weighted by molar-refractivity contribution is 5.89. The Morgan fingerprint density at radius 3 is 2.33 bits per heavy atom. The number of methoxy groups -OCH3 is 1. The molecule has 1 heterocycles. The number of ether oxygens (including phenoxy) is 2. The molecular weight excluding hydrogens is 308 g/mol. The topological polar surface area (TPSA) is 92.3 Å². The number of hydrogen-bond donors (Lipinski definition) is 1. The average Bonchev–Trinajstić information content (AvgIpc) is 2.96. The summed E-state index contributed by atoms with van der Waals surface area (Å²) in [5.74, 6) is 0.203. The van der Waals surface area contributed by atoms with Gasteiger partial charge in [0.2, 0.25) is 0 Å². The fourth-order valence-electron chi connectivity index (χ4n) is 2.27. The van der Waals surface area contributed by atoms with E-state index in [-0.39, 0.29) is 12.1 Å². The number of aromatic nitrogens is 3. The largest absolute Gasteiger partial charge is 0.495 e. The van der Waals surface area contributed by atoms with Crippen molar-refractivity contribution in [1.29, 1.82) is 0 Å². The van der Waals surface area contributed by atoms with Gasteiger partial charge >= 0.3 is 5.97 Å². The van der Waals surface area contributed by atoms with E-state index in [1.54, 1.807) is 43.5 Å². The first-order valence-corrected chi connectivity index (χ1v) is 7.50. The van der Waals surface area contributed by atoms with Crippen molar-refractivity contribution in [3.63, 3.8) is 0 Å². The van der Waals surface area contributed by atoms with Gasteiger partial charge in [0.05, 0.1) is 30.2 Å². The predicted molar refractivity (Wildman–Crippen MR) is 90.4 cm³/mol. The van der Waals surface area contributed by atoms with Crippen molar-refractivity contribution in [2.24, 2.45) is 0 Å². The van der Waals surface area contributed by atoms with Gasteiger partial charge in [-0.15, -0.1) is 10.2 Å². The molecular formula is C17H18N4O3. The van der Waals surface area contributed by atoms with Gasteiger partial charge in [0.1, 0.15) is 16.8 Å². The van der Waals surface area contributed by atoms with Gasteiger partial charge in [-0.05, 0) is 44.2 Å². The molecule has 0 saturated heterocycles. The molecule has 0 aliphatic rings. The highest BCUT2D eigenvalue weighted by atomic mass is 16.5. The molecule has 0 amide bonds. The lowest BCUT2D eigenvalue weighted by Crippen LogP contribution is -2.11. The van der Waals surface area contributed by atoms with Crippen molar-refractivity contribution >= 4 is 22.7 Å². The van der Waals surface area contributed by atoms with Gasteiger partial charge in [-0.3, -0.25) is 0 Å². The maximum Gasteiger partial charge on any atom is 0.338 e. The van der Waals surface area contributed by atoms with Crippen molar-refractivity contribution in [2.75, 3.05) is 12.8 Å². The van der Waals surface area contributed by atoms with Gasteiger partial charge in [-0.25, -0.2) is 4.79 Å². The first kappa shape index (κ1) is 15.8. The minimum atomic E-state index is -0.354. The molecule has 0 fully saturated rings. The Bertz CT molecular complexity index is 885. The quantitative estimate of drug-likeness (QED) is 0.585. The molecule has 0 aliphatic carbocycles. The summed E-state index contributed by atoms with van der Waals surface area (Å²) in [7, 11) is 1.55. The summed E-state index contributed by atoms with van der Waals surface area (Å²) >= 11 is 0. The number of esters is 1. The van der Waals surface area contributed by atoms with E-state index in [2.05, 4.69) is 10.2 Å². The molecule has 24 heavy (non-hydrogen) atoms. The Labute approximate surface area is 139 Å². The second-order valence-electron chi connectivity index (χ2n) is 5.57. The number of carbonyl (C=O) groups is 1. The van der Waals surface area contributed by atoms with E-state index < -0.39 is 0 Å². The van der Waals surface area contributed by atoms with Gasteiger partial charge < -0.3 is 15.2 Å². The van der Waals surface area contributed by atoms with Gasteiger partial charge in [-0.2, -0.15) is 4.80 Å². The van der Waals surface area contributed by atoms with Crippen LogP contribution in [0.1, 0.15) is 24.2 Å². The molecule has 2 N–H and O–H groups in total. The van der Waals surface area contributed by atoms with E-state index >= 15 is 0 Å². The summed E-state index contributed by atoms with van der Waals surface area (Å²) in [4.78, 5) is 13.4. The molecule has 1 aromatic heterocycles. The molecule has 0 saturated carbocycles. The number of hydrogen-bond acceptors (Lipinski definition) is 6. The van der Waals surface area contributed by atoms with Crippen molar-refractivity contribution in [1.82, 2.24) is 15.0 Å². The summed E-state index contributed by atoms with van der Waals surface area (Å²) in [6.07, 6.45) is -0.157. The van der Waals surface area contributed by atoms with Crippen LogP contribution in [0.3, 0.4) is 0 Å². The van der Waals surface area contributed by atoms with Gasteiger partial charge in [-0.1, -0.05) is 0 Å². The molecule has 0 spiro atoms. The number of fused-ring (bicyclic) bond motifs is 1. The van der Waals surface area contributed by atoms with Crippen molar-refractivity contribution in [3.8, 4) is 11.4 Å². The van der Waals surface area contributed by atoms with Crippen LogP contribution >= 0.6 is 0 Å². The van der Waals surface area contributed by atoms with E-state index in [0.717, 1.165) is 5.69 Å². The van der Waals surface area contributed by atoms with Gasteiger partial charge in [0, 0.05) is 6.07 Å². The Balaban J connectivity index is 1.91.